The van der Waals surface area contributed by atoms with E-state index in [1.807, 2.05) is 0 Å². The Labute approximate surface area is 61.6 Å². The van der Waals surface area contributed by atoms with E-state index in [1.54, 1.807) is 6.92 Å². The Morgan fingerprint density at radius 3 is 2.80 bits per heavy atom. The molecule has 0 aromatic rings. The number of hydrogen-bond donors (Lipinski definition) is 0. The Bertz CT molecular complexity index is 150. The zero-order chi connectivity index (χ0) is 7.82. The summed E-state index contributed by atoms with van der Waals surface area (Å²) in [6, 6.07) is 0. The second-order valence-corrected chi connectivity index (χ2v) is 1.93. The predicted molar refractivity (Wildman–Crippen MR) is 39.6 cm³/mol. The molecule has 0 aliphatic heterocycles. The van der Waals surface area contributed by atoms with Gasteiger partial charge in [0.15, 0.2) is 5.78 Å². The van der Waals surface area contributed by atoms with Crippen molar-refractivity contribution in [1.82, 2.24) is 0 Å². The van der Waals surface area contributed by atoms with Crippen molar-refractivity contribution in [2.24, 2.45) is 0 Å². The first kappa shape index (κ1) is 9.19. The number of ether oxygens (including phenoxy) is 1. The van der Waals surface area contributed by atoms with Gasteiger partial charge < -0.3 is 4.74 Å². The minimum atomic E-state index is 0.0597. The maximum absolute atomic E-state index is 10.3. The smallest absolute Gasteiger partial charge is 0.155 e. The van der Waals surface area contributed by atoms with Crippen LogP contribution in [0.25, 0.3) is 0 Å². The Morgan fingerprint density at radius 2 is 2.30 bits per heavy atom. The standard InChI is InChI=1S/C8H12O2/c1-3-4-5-6-10-7-8(2)9/h5-7H2,1-2H3. The quantitative estimate of drug-likeness (QED) is 0.430. The Balaban J connectivity index is 3.03. The summed E-state index contributed by atoms with van der Waals surface area (Å²) in [7, 11) is 0. The maximum atomic E-state index is 10.3. The van der Waals surface area contributed by atoms with Crippen LogP contribution in [0.15, 0.2) is 0 Å². The molecule has 0 aromatic heterocycles. The Kier molecular flexibility index (Phi) is 5.80. The summed E-state index contributed by atoms with van der Waals surface area (Å²) >= 11 is 0. The van der Waals surface area contributed by atoms with Crippen molar-refractivity contribution in [1.29, 1.82) is 0 Å². The van der Waals surface area contributed by atoms with Crippen LogP contribution in [-0.2, 0) is 9.53 Å². The van der Waals surface area contributed by atoms with Crippen LogP contribution in [0.5, 0.6) is 0 Å². The van der Waals surface area contributed by atoms with E-state index in [0.29, 0.717) is 13.0 Å². The first-order chi connectivity index (χ1) is 4.77. The van der Waals surface area contributed by atoms with Gasteiger partial charge in [-0.1, -0.05) is 0 Å². The molecule has 0 heterocycles. The largest absolute Gasteiger partial charge is 0.373 e. The maximum Gasteiger partial charge on any atom is 0.155 e. The summed E-state index contributed by atoms with van der Waals surface area (Å²) in [4.78, 5) is 10.3. The zero-order valence-electron chi connectivity index (χ0n) is 6.44. The highest BCUT2D eigenvalue weighted by Gasteiger charge is 1.89. The Hall–Kier alpha value is -0.810. The van der Waals surface area contributed by atoms with Crippen LogP contribution < -0.4 is 0 Å². The van der Waals surface area contributed by atoms with Crippen molar-refractivity contribution >= 4 is 5.78 Å². The second-order valence-electron chi connectivity index (χ2n) is 1.93. The molecule has 0 amide bonds. The second kappa shape index (κ2) is 6.31. The molecule has 0 saturated carbocycles. The summed E-state index contributed by atoms with van der Waals surface area (Å²) in [5, 5.41) is 0. The highest BCUT2D eigenvalue weighted by molar-refractivity contribution is 5.76. The van der Waals surface area contributed by atoms with E-state index in [2.05, 4.69) is 11.8 Å². The number of rotatable bonds is 4. The third kappa shape index (κ3) is 7.19. The van der Waals surface area contributed by atoms with Gasteiger partial charge in [-0.05, 0) is 13.8 Å². The fourth-order valence-corrected chi connectivity index (χ4v) is 0.464. The van der Waals surface area contributed by atoms with Crippen molar-refractivity contribution in [3.63, 3.8) is 0 Å². The van der Waals surface area contributed by atoms with Crippen molar-refractivity contribution < 1.29 is 9.53 Å². The predicted octanol–water partition coefficient (Wildman–Crippen LogP) is 1.01. The average molecular weight is 140 g/mol. The van der Waals surface area contributed by atoms with Gasteiger partial charge in [0.1, 0.15) is 6.61 Å². The number of hydrogen-bond acceptors (Lipinski definition) is 2. The van der Waals surface area contributed by atoms with Gasteiger partial charge in [-0.2, -0.15) is 0 Å². The van der Waals surface area contributed by atoms with Gasteiger partial charge in [0, 0.05) is 6.42 Å². The van der Waals surface area contributed by atoms with Gasteiger partial charge in [0.05, 0.1) is 6.61 Å². The Morgan fingerprint density at radius 1 is 1.60 bits per heavy atom. The van der Waals surface area contributed by atoms with E-state index in [0.717, 1.165) is 0 Å². The molecule has 0 aliphatic rings. The molecular formula is C8H12O2. The number of ketones is 1. The van der Waals surface area contributed by atoms with Gasteiger partial charge >= 0.3 is 0 Å². The molecule has 0 unspecified atom stereocenters. The molecule has 0 N–H and O–H groups in total. The summed E-state index contributed by atoms with van der Waals surface area (Å²) in [5.74, 6) is 5.64. The fourth-order valence-electron chi connectivity index (χ4n) is 0.464. The minimum absolute atomic E-state index is 0.0597. The third-order valence-corrected chi connectivity index (χ3v) is 0.854. The van der Waals surface area contributed by atoms with Gasteiger partial charge in [-0.3, -0.25) is 4.79 Å². The summed E-state index contributed by atoms with van der Waals surface area (Å²) in [6.07, 6.45) is 0.712. The van der Waals surface area contributed by atoms with Crippen molar-refractivity contribution in [2.75, 3.05) is 13.2 Å². The normalized spacial score (nSPS) is 8.20. The average Bonchev–Trinajstić information content (AvgIpc) is 1.87. The monoisotopic (exact) mass is 140 g/mol. The molecule has 56 valence electrons. The molecule has 0 spiro atoms. The lowest BCUT2D eigenvalue weighted by atomic mass is 10.4. The molecule has 0 aromatic carbocycles. The number of carbonyl (C=O) groups is 1. The van der Waals surface area contributed by atoms with Crippen molar-refractivity contribution in [3.8, 4) is 11.8 Å². The first-order valence-electron chi connectivity index (χ1n) is 3.24. The van der Waals surface area contributed by atoms with Crippen LogP contribution in [-0.4, -0.2) is 19.0 Å². The molecule has 0 aliphatic carbocycles. The lowest BCUT2D eigenvalue weighted by molar-refractivity contribution is -0.121. The molecule has 10 heavy (non-hydrogen) atoms. The van der Waals surface area contributed by atoms with Crippen LogP contribution in [0.2, 0.25) is 0 Å². The molecule has 2 nitrogen and oxygen atoms in total. The van der Waals surface area contributed by atoms with Crippen LogP contribution >= 0.6 is 0 Å². The lowest BCUT2D eigenvalue weighted by Gasteiger charge is -1.95. The van der Waals surface area contributed by atoms with Gasteiger partial charge in [0.2, 0.25) is 0 Å². The summed E-state index contributed by atoms with van der Waals surface area (Å²) in [5.41, 5.74) is 0. The summed E-state index contributed by atoms with van der Waals surface area (Å²) < 4.78 is 4.95. The van der Waals surface area contributed by atoms with Crippen molar-refractivity contribution in [3.05, 3.63) is 0 Å². The van der Waals surface area contributed by atoms with Crippen LogP contribution in [0.3, 0.4) is 0 Å². The van der Waals surface area contributed by atoms with E-state index in [-0.39, 0.29) is 12.4 Å². The van der Waals surface area contributed by atoms with E-state index >= 15 is 0 Å². The molecule has 2 heteroatoms. The molecule has 0 rings (SSSR count). The number of carbonyl (C=O) groups excluding carboxylic acids is 1. The highest BCUT2D eigenvalue weighted by atomic mass is 16.5. The fraction of sp³-hybridized carbons (Fsp3) is 0.625. The van der Waals surface area contributed by atoms with E-state index in [9.17, 15) is 4.79 Å². The topological polar surface area (TPSA) is 26.3 Å². The van der Waals surface area contributed by atoms with Crippen LogP contribution in [0.4, 0.5) is 0 Å². The van der Waals surface area contributed by atoms with Crippen molar-refractivity contribution in [2.45, 2.75) is 20.3 Å². The number of Topliss-reactive ketones (excluding diaryl/α,β-unsaturated/α-hetero) is 1. The van der Waals surface area contributed by atoms with E-state index in [4.69, 9.17) is 4.74 Å². The molecule has 0 radical (unpaired) electrons. The lowest BCUT2D eigenvalue weighted by Crippen LogP contribution is -2.04. The van der Waals surface area contributed by atoms with Gasteiger partial charge in [-0.15, -0.1) is 11.8 Å². The van der Waals surface area contributed by atoms with Gasteiger partial charge in [0.25, 0.3) is 0 Å². The van der Waals surface area contributed by atoms with Crippen LogP contribution in [0.1, 0.15) is 20.3 Å². The molecule has 0 fully saturated rings. The molecular weight excluding hydrogens is 128 g/mol. The minimum Gasteiger partial charge on any atom is -0.373 e. The molecule has 0 atom stereocenters. The van der Waals surface area contributed by atoms with E-state index < -0.39 is 0 Å². The molecule has 0 saturated heterocycles. The first-order valence-corrected chi connectivity index (χ1v) is 3.24. The molecule has 0 bridgehead atoms. The highest BCUT2D eigenvalue weighted by Crippen LogP contribution is 1.80. The van der Waals surface area contributed by atoms with E-state index in [1.165, 1.54) is 6.92 Å². The SMILES string of the molecule is CC#CCCOCC(C)=O. The third-order valence-electron chi connectivity index (χ3n) is 0.854. The zero-order valence-corrected chi connectivity index (χ0v) is 6.44. The summed E-state index contributed by atoms with van der Waals surface area (Å²) in [6.45, 7) is 4.06. The van der Waals surface area contributed by atoms with Gasteiger partial charge in [-0.25, -0.2) is 0 Å². The van der Waals surface area contributed by atoms with Crippen LogP contribution in [0, 0.1) is 11.8 Å².